The highest BCUT2D eigenvalue weighted by molar-refractivity contribution is 5.83. The first-order valence-electron chi connectivity index (χ1n) is 7.32. The SMILES string of the molecule is NCC1(C(=O)N2CCCC(CCO)C2)CCCC1. The third-order valence-electron chi connectivity index (χ3n) is 4.75. The molecule has 0 spiro atoms. The predicted octanol–water partition coefficient (Wildman–Crippen LogP) is 1.13. The van der Waals surface area contributed by atoms with Gasteiger partial charge in [0, 0.05) is 26.2 Å². The maximum atomic E-state index is 12.7. The Morgan fingerprint density at radius 3 is 2.67 bits per heavy atom. The number of aliphatic hydroxyl groups excluding tert-OH is 1. The van der Waals surface area contributed by atoms with Crippen molar-refractivity contribution in [2.45, 2.75) is 44.9 Å². The van der Waals surface area contributed by atoms with Gasteiger partial charge in [0.25, 0.3) is 0 Å². The number of hydrogen-bond donors (Lipinski definition) is 2. The standard InChI is InChI=1S/C14H26N2O2/c15-11-14(6-1-2-7-14)13(18)16-8-3-4-12(10-16)5-9-17/h12,17H,1-11,15H2. The van der Waals surface area contributed by atoms with Crippen molar-refractivity contribution in [1.82, 2.24) is 4.90 Å². The number of nitrogens with zero attached hydrogens (tertiary/aromatic N) is 1. The molecular formula is C14H26N2O2. The van der Waals surface area contributed by atoms with Gasteiger partial charge in [0.05, 0.1) is 5.41 Å². The van der Waals surface area contributed by atoms with E-state index < -0.39 is 0 Å². The normalized spacial score (nSPS) is 27.4. The molecule has 0 radical (unpaired) electrons. The van der Waals surface area contributed by atoms with Crippen LogP contribution >= 0.6 is 0 Å². The van der Waals surface area contributed by atoms with Gasteiger partial charge in [0.1, 0.15) is 0 Å². The minimum atomic E-state index is -0.263. The summed E-state index contributed by atoms with van der Waals surface area (Å²) in [6.07, 6.45) is 7.22. The van der Waals surface area contributed by atoms with Gasteiger partial charge in [-0.05, 0) is 38.0 Å². The topological polar surface area (TPSA) is 66.6 Å². The van der Waals surface area contributed by atoms with Gasteiger partial charge in [-0.25, -0.2) is 0 Å². The van der Waals surface area contributed by atoms with E-state index in [1.165, 1.54) is 0 Å². The summed E-state index contributed by atoms with van der Waals surface area (Å²) in [6, 6.07) is 0. The number of likely N-dealkylation sites (tertiary alicyclic amines) is 1. The van der Waals surface area contributed by atoms with Crippen molar-refractivity contribution < 1.29 is 9.90 Å². The van der Waals surface area contributed by atoms with Crippen LogP contribution in [0.4, 0.5) is 0 Å². The largest absolute Gasteiger partial charge is 0.396 e. The molecule has 3 N–H and O–H groups in total. The van der Waals surface area contributed by atoms with Gasteiger partial charge in [0.2, 0.25) is 5.91 Å². The van der Waals surface area contributed by atoms with Gasteiger partial charge < -0.3 is 15.7 Å². The molecule has 1 aliphatic carbocycles. The molecule has 1 unspecified atom stereocenters. The average Bonchev–Trinajstić information content (AvgIpc) is 2.88. The smallest absolute Gasteiger partial charge is 0.230 e. The van der Waals surface area contributed by atoms with Crippen LogP contribution in [0.15, 0.2) is 0 Å². The zero-order valence-electron chi connectivity index (χ0n) is 11.2. The molecule has 2 fully saturated rings. The molecule has 1 heterocycles. The second-order valence-electron chi connectivity index (χ2n) is 5.96. The van der Waals surface area contributed by atoms with Gasteiger partial charge in [-0.3, -0.25) is 4.79 Å². The van der Waals surface area contributed by atoms with Gasteiger partial charge in [-0.15, -0.1) is 0 Å². The predicted molar refractivity (Wildman–Crippen MR) is 71.0 cm³/mol. The monoisotopic (exact) mass is 254 g/mol. The summed E-state index contributed by atoms with van der Waals surface area (Å²) >= 11 is 0. The molecule has 1 aliphatic heterocycles. The first kappa shape index (κ1) is 13.8. The van der Waals surface area contributed by atoms with Gasteiger partial charge in [-0.2, -0.15) is 0 Å². The van der Waals surface area contributed by atoms with Crippen molar-refractivity contribution in [3.63, 3.8) is 0 Å². The molecule has 104 valence electrons. The highest BCUT2D eigenvalue weighted by Gasteiger charge is 2.43. The lowest BCUT2D eigenvalue weighted by atomic mass is 9.83. The van der Waals surface area contributed by atoms with Crippen LogP contribution in [0, 0.1) is 11.3 Å². The summed E-state index contributed by atoms with van der Waals surface area (Å²) in [5.74, 6) is 0.758. The van der Waals surface area contributed by atoms with Crippen molar-refractivity contribution >= 4 is 5.91 Å². The molecule has 2 aliphatic rings. The summed E-state index contributed by atoms with van der Waals surface area (Å²) in [5, 5.41) is 9.03. The van der Waals surface area contributed by atoms with Crippen LogP contribution in [0.2, 0.25) is 0 Å². The maximum Gasteiger partial charge on any atom is 0.230 e. The Morgan fingerprint density at radius 1 is 1.33 bits per heavy atom. The summed E-state index contributed by atoms with van der Waals surface area (Å²) in [5.41, 5.74) is 5.62. The van der Waals surface area contributed by atoms with Crippen LogP contribution in [0.1, 0.15) is 44.9 Å². The number of amides is 1. The Kier molecular flexibility index (Phi) is 4.62. The van der Waals surface area contributed by atoms with Crippen molar-refractivity contribution in [1.29, 1.82) is 0 Å². The van der Waals surface area contributed by atoms with E-state index in [1.54, 1.807) is 0 Å². The third kappa shape index (κ3) is 2.69. The summed E-state index contributed by atoms with van der Waals surface area (Å²) in [6.45, 7) is 2.42. The zero-order chi connectivity index (χ0) is 13.0. The average molecular weight is 254 g/mol. The number of nitrogens with two attached hydrogens (primary N) is 1. The van der Waals surface area contributed by atoms with E-state index in [2.05, 4.69) is 0 Å². The molecular weight excluding hydrogens is 228 g/mol. The highest BCUT2D eigenvalue weighted by Crippen LogP contribution is 2.39. The fraction of sp³-hybridized carbons (Fsp3) is 0.929. The Hall–Kier alpha value is -0.610. The Bertz CT molecular complexity index is 286. The van der Waals surface area contributed by atoms with E-state index in [0.717, 1.165) is 58.0 Å². The molecule has 0 aromatic heterocycles. The van der Waals surface area contributed by atoms with E-state index in [-0.39, 0.29) is 17.9 Å². The lowest BCUT2D eigenvalue weighted by molar-refractivity contribution is -0.143. The molecule has 18 heavy (non-hydrogen) atoms. The van der Waals surface area contributed by atoms with E-state index in [9.17, 15) is 4.79 Å². The highest BCUT2D eigenvalue weighted by atomic mass is 16.3. The van der Waals surface area contributed by atoms with Crippen LogP contribution in [0.5, 0.6) is 0 Å². The lowest BCUT2D eigenvalue weighted by Crippen LogP contribution is -2.50. The van der Waals surface area contributed by atoms with Crippen molar-refractivity contribution in [2.75, 3.05) is 26.2 Å². The van der Waals surface area contributed by atoms with E-state index in [0.29, 0.717) is 12.5 Å². The van der Waals surface area contributed by atoms with Crippen LogP contribution in [0.3, 0.4) is 0 Å². The minimum Gasteiger partial charge on any atom is -0.396 e. The first-order valence-corrected chi connectivity index (χ1v) is 7.32. The van der Waals surface area contributed by atoms with E-state index >= 15 is 0 Å². The van der Waals surface area contributed by atoms with Crippen LogP contribution < -0.4 is 5.73 Å². The number of hydrogen-bond acceptors (Lipinski definition) is 3. The van der Waals surface area contributed by atoms with Crippen LogP contribution in [0.25, 0.3) is 0 Å². The molecule has 0 aromatic carbocycles. The number of piperidine rings is 1. The number of rotatable bonds is 4. The van der Waals surface area contributed by atoms with Crippen molar-refractivity contribution in [3.05, 3.63) is 0 Å². The second kappa shape index (κ2) is 6.02. The maximum absolute atomic E-state index is 12.7. The van der Waals surface area contributed by atoms with Crippen molar-refractivity contribution in [3.8, 4) is 0 Å². The molecule has 1 saturated carbocycles. The molecule has 0 bridgehead atoms. The first-order chi connectivity index (χ1) is 8.72. The minimum absolute atomic E-state index is 0.231. The fourth-order valence-corrected chi connectivity index (χ4v) is 3.56. The Morgan fingerprint density at radius 2 is 2.06 bits per heavy atom. The summed E-state index contributed by atoms with van der Waals surface area (Å²) in [7, 11) is 0. The van der Waals surface area contributed by atoms with E-state index in [1.807, 2.05) is 4.90 Å². The molecule has 0 aromatic rings. The van der Waals surface area contributed by atoms with Crippen LogP contribution in [-0.2, 0) is 4.79 Å². The van der Waals surface area contributed by atoms with E-state index in [4.69, 9.17) is 10.8 Å². The van der Waals surface area contributed by atoms with Crippen LogP contribution in [-0.4, -0.2) is 42.2 Å². The number of carbonyl (C=O) groups is 1. The number of aliphatic hydroxyl groups is 1. The second-order valence-corrected chi connectivity index (χ2v) is 5.96. The molecule has 2 rings (SSSR count). The molecule has 4 heteroatoms. The van der Waals surface area contributed by atoms with Gasteiger partial charge >= 0.3 is 0 Å². The quantitative estimate of drug-likeness (QED) is 0.790. The zero-order valence-corrected chi connectivity index (χ0v) is 11.2. The number of carbonyl (C=O) groups excluding carboxylic acids is 1. The summed E-state index contributed by atoms with van der Waals surface area (Å²) in [4.78, 5) is 14.7. The Labute approximate surface area is 110 Å². The molecule has 1 amide bonds. The lowest BCUT2D eigenvalue weighted by Gasteiger charge is -2.38. The molecule has 1 atom stereocenters. The molecule has 4 nitrogen and oxygen atoms in total. The third-order valence-corrected chi connectivity index (χ3v) is 4.75. The van der Waals surface area contributed by atoms with Gasteiger partial charge in [-0.1, -0.05) is 12.8 Å². The molecule has 1 saturated heterocycles. The summed E-state index contributed by atoms with van der Waals surface area (Å²) < 4.78 is 0. The fourth-order valence-electron chi connectivity index (χ4n) is 3.56. The van der Waals surface area contributed by atoms with Crippen molar-refractivity contribution in [2.24, 2.45) is 17.1 Å². The van der Waals surface area contributed by atoms with Gasteiger partial charge in [0.15, 0.2) is 0 Å². The Balaban J connectivity index is 1.99.